The molecule has 2 heteroatoms. The van der Waals surface area contributed by atoms with E-state index in [1.807, 2.05) is 12.1 Å². The highest BCUT2D eigenvalue weighted by Gasteiger charge is 2.03. The van der Waals surface area contributed by atoms with Crippen molar-refractivity contribution in [3.05, 3.63) is 59.7 Å². The number of hydrogen-bond acceptors (Lipinski definition) is 2. The maximum atomic E-state index is 5.30. The molecular formula is C17H21NO. The van der Waals surface area contributed by atoms with Crippen molar-refractivity contribution in [2.24, 2.45) is 0 Å². The zero-order chi connectivity index (χ0) is 13.5. The summed E-state index contributed by atoms with van der Waals surface area (Å²) in [7, 11) is 1.70. The molecule has 0 radical (unpaired) electrons. The van der Waals surface area contributed by atoms with Crippen LogP contribution in [0.2, 0.25) is 0 Å². The van der Waals surface area contributed by atoms with Gasteiger partial charge >= 0.3 is 0 Å². The summed E-state index contributed by atoms with van der Waals surface area (Å²) >= 11 is 0. The molecule has 0 aromatic heterocycles. The number of ether oxygens (including phenoxy) is 1. The molecule has 0 spiro atoms. The van der Waals surface area contributed by atoms with Crippen molar-refractivity contribution in [1.29, 1.82) is 0 Å². The van der Waals surface area contributed by atoms with E-state index in [0.29, 0.717) is 0 Å². The summed E-state index contributed by atoms with van der Waals surface area (Å²) in [6.07, 6.45) is 2.23. The van der Waals surface area contributed by atoms with Gasteiger partial charge in [0.2, 0.25) is 0 Å². The van der Waals surface area contributed by atoms with E-state index in [0.717, 1.165) is 25.1 Å². The zero-order valence-electron chi connectivity index (χ0n) is 11.6. The number of aryl methyl sites for hydroxylation is 1. The molecule has 0 aliphatic heterocycles. The molecule has 0 fully saturated rings. The van der Waals surface area contributed by atoms with Crippen molar-refractivity contribution in [2.75, 3.05) is 12.4 Å². The Kier molecular flexibility index (Phi) is 4.85. The molecule has 0 atom stereocenters. The molecule has 100 valence electrons. The Morgan fingerprint density at radius 2 is 1.84 bits per heavy atom. The maximum Gasteiger partial charge on any atom is 0.120 e. The molecule has 1 N–H and O–H groups in total. The third kappa shape index (κ3) is 3.75. The SMILES string of the molecule is CCCc1ccc(OC)cc1NCc1ccccc1. The number of hydrogen-bond donors (Lipinski definition) is 1. The number of anilines is 1. The maximum absolute atomic E-state index is 5.30. The molecule has 2 aromatic rings. The van der Waals surface area contributed by atoms with Crippen molar-refractivity contribution in [3.8, 4) is 5.75 Å². The van der Waals surface area contributed by atoms with E-state index in [1.165, 1.54) is 16.8 Å². The van der Waals surface area contributed by atoms with Gasteiger partial charge in [0, 0.05) is 18.3 Å². The lowest BCUT2D eigenvalue weighted by molar-refractivity contribution is 0.415. The van der Waals surface area contributed by atoms with Crippen LogP contribution in [0.25, 0.3) is 0 Å². The molecule has 0 bridgehead atoms. The molecule has 2 rings (SSSR count). The van der Waals surface area contributed by atoms with E-state index >= 15 is 0 Å². The minimum Gasteiger partial charge on any atom is -0.497 e. The Labute approximate surface area is 115 Å². The van der Waals surface area contributed by atoms with Crippen LogP contribution in [0.3, 0.4) is 0 Å². The first-order chi connectivity index (χ1) is 9.33. The van der Waals surface area contributed by atoms with E-state index < -0.39 is 0 Å². The molecule has 19 heavy (non-hydrogen) atoms. The molecule has 0 saturated carbocycles. The predicted molar refractivity (Wildman–Crippen MR) is 80.8 cm³/mol. The second-order valence-corrected chi connectivity index (χ2v) is 4.61. The van der Waals surface area contributed by atoms with Crippen LogP contribution in [0.1, 0.15) is 24.5 Å². The van der Waals surface area contributed by atoms with Crippen LogP contribution in [-0.2, 0) is 13.0 Å². The molecule has 2 aromatic carbocycles. The Hall–Kier alpha value is -1.96. The molecule has 0 amide bonds. The van der Waals surface area contributed by atoms with Gasteiger partial charge in [0.15, 0.2) is 0 Å². The van der Waals surface area contributed by atoms with E-state index in [-0.39, 0.29) is 0 Å². The van der Waals surface area contributed by atoms with Crippen molar-refractivity contribution >= 4 is 5.69 Å². The minimum absolute atomic E-state index is 0.838. The summed E-state index contributed by atoms with van der Waals surface area (Å²) in [4.78, 5) is 0. The van der Waals surface area contributed by atoms with Crippen molar-refractivity contribution in [3.63, 3.8) is 0 Å². The average molecular weight is 255 g/mol. The van der Waals surface area contributed by atoms with Gasteiger partial charge in [-0.05, 0) is 23.6 Å². The largest absolute Gasteiger partial charge is 0.497 e. The van der Waals surface area contributed by atoms with Gasteiger partial charge < -0.3 is 10.1 Å². The number of benzene rings is 2. The summed E-state index contributed by atoms with van der Waals surface area (Å²) in [5.74, 6) is 0.899. The summed E-state index contributed by atoms with van der Waals surface area (Å²) < 4.78 is 5.30. The number of methoxy groups -OCH3 is 1. The van der Waals surface area contributed by atoms with Gasteiger partial charge in [0.1, 0.15) is 5.75 Å². The number of rotatable bonds is 6. The summed E-state index contributed by atoms with van der Waals surface area (Å²) in [6, 6.07) is 16.7. The first kappa shape index (κ1) is 13.5. The zero-order valence-corrected chi connectivity index (χ0v) is 11.6. The lowest BCUT2D eigenvalue weighted by atomic mass is 10.1. The first-order valence-electron chi connectivity index (χ1n) is 6.78. The molecule has 0 saturated heterocycles. The highest BCUT2D eigenvalue weighted by Crippen LogP contribution is 2.24. The van der Waals surface area contributed by atoms with E-state index in [9.17, 15) is 0 Å². The lowest BCUT2D eigenvalue weighted by Gasteiger charge is -2.13. The monoisotopic (exact) mass is 255 g/mol. The van der Waals surface area contributed by atoms with Gasteiger partial charge in [-0.15, -0.1) is 0 Å². The predicted octanol–water partition coefficient (Wildman–Crippen LogP) is 4.26. The minimum atomic E-state index is 0.838. The first-order valence-corrected chi connectivity index (χ1v) is 6.78. The van der Waals surface area contributed by atoms with Gasteiger partial charge in [0.05, 0.1) is 7.11 Å². The van der Waals surface area contributed by atoms with Gasteiger partial charge in [-0.2, -0.15) is 0 Å². The average Bonchev–Trinajstić information content (AvgIpc) is 2.47. The van der Waals surface area contributed by atoms with Crippen LogP contribution in [-0.4, -0.2) is 7.11 Å². The van der Waals surface area contributed by atoms with Crippen molar-refractivity contribution < 1.29 is 4.74 Å². The molecule has 0 aliphatic carbocycles. The topological polar surface area (TPSA) is 21.3 Å². The normalized spacial score (nSPS) is 10.2. The molecule has 0 heterocycles. The highest BCUT2D eigenvalue weighted by atomic mass is 16.5. The fourth-order valence-electron chi connectivity index (χ4n) is 2.13. The van der Waals surface area contributed by atoms with Crippen LogP contribution >= 0.6 is 0 Å². The Morgan fingerprint density at radius 1 is 1.05 bits per heavy atom. The number of nitrogens with one attached hydrogen (secondary N) is 1. The third-order valence-corrected chi connectivity index (χ3v) is 3.16. The second-order valence-electron chi connectivity index (χ2n) is 4.61. The van der Waals surface area contributed by atoms with Crippen molar-refractivity contribution in [1.82, 2.24) is 0 Å². The van der Waals surface area contributed by atoms with Crippen LogP contribution < -0.4 is 10.1 Å². The molecule has 0 unspecified atom stereocenters. The highest BCUT2D eigenvalue weighted by molar-refractivity contribution is 5.55. The quantitative estimate of drug-likeness (QED) is 0.832. The van der Waals surface area contributed by atoms with Gasteiger partial charge in [0.25, 0.3) is 0 Å². The Bertz CT molecular complexity index is 508. The summed E-state index contributed by atoms with van der Waals surface area (Å²) in [6.45, 7) is 3.04. The van der Waals surface area contributed by atoms with Crippen molar-refractivity contribution in [2.45, 2.75) is 26.3 Å². The van der Waals surface area contributed by atoms with Crippen LogP contribution in [0.4, 0.5) is 5.69 Å². The Balaban J connectivity index is 2.12. The van der Waals surface area contributed by atoms with E-state index in [2.05, 4.69) is 48.6 Å². The lowest BCUT2D eigenvalue weighted by Crippen LogP contribution is -2.03. The van der Waals surface area contributed by atoms with Gasteiger partial charge in [-0.25, -0.2) is 0 Å². The standard InChI is InChI=1S/C17H21NO/c1-3-7-15-10-11-16(19-2)12-17(15)18-13-14-8-5-4-6-9-14/h4-6,8-12,18H,3,7,13H2,1-2H3. The van der Waals surface area contributed by atoms with Crippen LogP contribution in [0.5, 0.6) is 5.75 Å². The third-order valence-electron chi connectivity index (χ3n) is 3.16. The summed E-state index contributed by atoms with van der Waals surface area (Å²) in [5, 5.41) is 3.51. The second kappa shape index (κ2) is 6.83. The van der Waals surface area contributed by atoms with Crippen LogP contribution in [0.15, 0.2) is 48.5 Å². The van der Waals surface area contributed by atoms with E-state index in [4.69, 9.17) is 4.74 Å². The smallest absolute Gasteiger partial charge is 0.120 e. The summed E-state index contributed by atoms with van der Waals surface area (Å²) in [5.41, 5.74) is 3.80. The van der Waals surface area contributed by atoms with Gasteiger partial charge in [-0.3, -0.25) is 0 Å². The molecule has 0 aliphatic rings. The fraction of sp³-hybridized carbons (Fsp3) is 0.294. The van der Waals surface area contributed by atoms with Crippen LogP contribution in [0, 0.1) is 0 Å². The van der Waals surface area contributed by atoms with Gasteiger partial charge in [-0.1, -0.05) is 49.7 Å². The molecular weight excluding hydrogens is 234 g/mol. The Morgan fingerprint density at radius 3 is 2.53 bits per heavy atom. The van der Waals surface area contributed by atoms with E-state index in [1.54, 1.807) is 7.11 Å². The molecule has 2 nitrogen and oxygen atoms in total. The fourth-order valence-corrected chi connectivity index (χ4v) is 2.13.